The topological polar surface area (TPSA) is 102 Å². The van der Waals surface area contributed by atoms with Crippen LogP contribution in [0.1, 0.15) is 31.6 Å². The third-order valence-electron chi connectivity index (χ3n) is 2.80. The SMILES string of the molecule is C\C=C(/C=C(C(=O)O)\C(=C/CCC)N=C(N)N)c1cccs1. The molecular formula is C16H21N3O2S. The lowest BCUT2D eigenvalue weighted by molar-refractivity contribution is -0.132. The van der Waals surface area contributed by atoms with E-state index in [2.05, 4.69) is 4.99 Å². The highest BCUT2D eigenvalue weighted by molar-refractivity contribution is 7.11. The van der Waals surface area contributed by atoms with Gasteiger partial charge in [-0.25, -0.2) is 9.79 Å². The van der Waals surface area contributed by atoms with Crippen molar-refractivity contribution < 1.29 is 9.90 Å². The van der Waals surface area contributed by atoms with E-state index in [1.54, 1.807) is 23.5 Å². The zero-order valence-corrected chi connectivity index (χ0v) is 13.6. The number of thiophene rings is 1. The van der Waals surface area contributed by atoms with Crippen LogP contribution in [0.3, 0.4) is 0 Å². The Bertz CT molecular complexity index is 622. The highest BCUT2D eigenvalue weighted by atomic mass is 32.1. The highest BCUT2D eigenvalue weighted by Gasteiger charge is 2.14. The Kier molecular flexibility index (Phi) is 7.12. The molecule has 0 spiro atoms. The number of unbranched alkanes of at least 4 members (excludes halogenated alkanes) is 1. The summed E-state index contributed by atoms with van der Waals surface area (Å²) in [6.07, 6.45) is 6.77. The summed E-state index contributed by atoms with van der Waals surface area (Å²) in [5.74, 6) is -1.23. The minimum Gasteiger partial charge on any atom is -0.478 e. The monoisotopic (exact) mass is 319 g/mol. The molecule has 5 N–H and O–H groups in total. The normalized spacial score (nSPS) is 13.1. The molecule has 0 aliphatic heterocycles. The summed E-state index contributed by atoms with van der Waals surface area (Å²) in [7, 11) is 0. The van der Waals surface area contributed by atoms with E-state index in [1.807, 2.05) is 37.4 Å². The Morgan fingerprint density at radius 2 is 2.18 bits per heavy atom. The van der Waals surface area contributed by atoms with E-state index in [0.717, 1.165) is 16.9 Å². The number of carboxylic acid groups (broad SMARTS) is 1. The molecular weight excluding hydrogens is 298 g/mol. The molecule has 0 saturated carbocycles. The van der Waals surface area contributed by atoms with Crippen LogP contribution in [0.25, 0.3) is 5.57 Å². The Morgan fingerprint density at radius 3 is 2.64 bits per heavy atom. The molecule has 0 radical (unpaired) electrons. The smallest absolute Gasteiger partial charge is 0.337 e. The Morgan fingerprint density at radius 1 is 1.45 bits per heavy atom. The minimum atomic E-state index is -1.07. The Hall–Kier alpha value is -2.34. The third kappa shape index (κ3) is 5.21. The van der Waals surface area contributed by atoms with Crippen molar-refractivity contribution in [2.75, 3.05) is 0 Å². The van der Waals surface area contributed by atoms with Crippen LogP contribution in [0.15, 0.2) is 52.0 Å². The summed E-state index contributed by atoms with van der Waals surface area (Å²) >= 11 is 1.54. The van der Waals surface area contributed by atoms with Gasteiger partial charge in [0.05, 0.1) is 11.3 Å². The first-order chi connectivity index (χ1) is 10.5. The molecule has 1 heterocycles. The van der Waals surface area contributed by atoms with E-state index in [0.29, 0.717) is 6.42 Å². The van der Waals surface area contributed by atoms with Gasteiger partial charge in [0.15, 0.2) is 5.96 Å². The van der Waals surface area contributed by atoms with Crippen LogP contribution in [-0.2, 0) is 4.79 Å². The molecule has 0 aliphatic carbocycles. The van der Waals surface area contributed by atoms with Crippen molar-refractivity contribution >= 4 is 28.8 Å². The first-order valence-corrected chi connectivity index (χ1v) is 7.82. The quantitative estimate of drug-likeness (QED) is 0.311. The van der Waals surface area contributed by atoms with E-state index in [1.165, 1.54) is 0 Å². The van der Waals surface area contributed by atoms with Gasteiger partial charge < -0.3 is 16.6 Å². The number of hydrogen-bond acceptors (Lipinski definition) is 3. The third-order valence-corrected chi connectivity index (χ3v) is 3.72. The molecule has 1 aromatic rings. The van der Waals surface area contributed by atoms with E-state index in [9.17, 15) is 9.90 Å². The fraction of sp³-hybridized carbons (Fsp3) is 0.250. The number of guanidine groups is 1. The summed E-state index contributed by atoms with van der Waals surface area (Å²) in [5, 5.41) is 11.5. The summed E-state index contributed by atoms with van der Waals surface area (Å²) in [6, 6.07) is 3.85. The number of aliphatic imine (C=N–C) groups is 1. The maximum atomic E-state index is 11.6. The summed E-state index contributed by atoms with van der Waals surface area (Å²) in [6.45, 7) is 3.86. The molecule has 0 fully saturated rings. The second-order valence-corrected chi connectivity index (χ2v) is 5.45. The van der Waals surface area contributed by atoms with Gasteiger partial charge in [-0.2, -0.15) is 0 Å². The first kappa shape index (κ1) is 17.7. The zero-order valence-electron chi connectivity index (χ0n) is 12.7. The number of carboxylic acids is 1. The molecule has 0 aliphatic rings. The number of allylic oxidation sites excluding steroid dienone is 4. The molecule has 0 bridgehead atoms. The van der Waals surface area contributed by atoms with Crippen molar-refractivity contribution in [3.8, 4) is 0 Å². The van der Waals surface area contributed by atoms with Gasteiger partial charge in [0, 0.05) is 4.88 Å². The lowest BCUT2D eigenvalue weighted by atomic mass is 10.1. The molecule has 5 nitrogen and oxygen atoms in total. The number of aliphatic carboxylic acids is 1. The van der Waals surface area contributed by atoms with Gasteiger partial charge in [0.2, 0.25) is 0 Å². The number of nitrogens with zero attached hydrogens (tertiary/aromatic N) is 1. The molecule has 118 valence electrons. The van der Waals surface area contributed by atoms with Crippen molar-refractivity contribution in [2.45, 2.75) is 26.7 Å². The maximum absolute atomic E-state index is 11.6. The minimum absolute atomic E-state index is 0.0725. The van der Waals surface area contributed by atoms with Gasteiger partial charge in [-0.3, -0.25) is 0 Å². The maximum Gasteiger partial charge on any atom is 0.337 e. The standard InChI is InChI=1S/C16H21N3O2S/c1-3-5-7-13(19-16(17)18)12(15(20)21)10-11(4-2)14-8-6-9-22-14/h4,6-10H,3,5H2,1-2H3,(H,20,21)(H4,17,18,19)/b11-4+,12-10+,13-7+. The van der Waals surface area contributed by atoms with Gasteiger partial charge in [-0.1, -0.05) is 31.6 Å². The number of rotatable bonds is 7. The van der Waals surface area contributed by atoms with Gasteiger partial charge in [-0.15, -0.1) is 11.3 Å². The largest absolute Gasteiger partial charge is 0.478 e. The zero-order chi connectivity index (χ0) is 16.5. The second kappa shape index (κ2) is 8.84. The van der Waals surface area contributed by atoms with Gasteiger partial charge in [0.1, 0.15) is 0 Å². The first-order valence-electron chi connectivity index (χ1n) is 6.94. The lowest BCUT2D eigenvalue weighted by Crippen LogP contribution is -2.23. The predicted molar refractivity (Wildman–Crippen MR) is 92.5 cm³/mol. The molecule has 0 aromatic carbocycles. The van der Waals surface area contributed by atoms with Crippen molar-refractivity contribution in [1.82, 2.24) is 0 Å². The predicted octanol–water partition coefficient (Wildman–Crippen LogP) is 3.12. The van der Waals surface area contributed by atoms with Crippen LogP contribution in [0.4, 0.5) is 0 Å². The van der Waals surface area contributed by atoms with E-state index in [-0.39, 0.29) is 17.2 Å². The molecule has 0 atom stereocenters. The fourth-order valence-corrected chi connectivity index (χ4v) is 2.55. The average molecular weight is 319 g/mol. The van der Waals surface area contributed by atoms with E-state index < -0.39 is 5.97 Å². The van der Waals surface area contributed by atoms with Crippen LogP contribution in [0.5, 0.6) is 0 Å². The molecule has 22 heavy (non-hydrogen) atoms. The molecule has 0 unspecified atom stereocenters. The average Bonchev–Trinajstić information content (AvgIpc) is 2.98. The van der Waals surface area contributed by atoms with E-state index >= 15 is 0 Å². The van der Waals surface area contributed by atoms with Crippen LogP contribution in [0.2, 0.25) is 0 Å². The lowest BCUT2D eigenvalue weighted by Gasteiger charge is -2.06. The van der Waals surface area contributed by atoms with Gasteiger partial charge >= 0.3 is 5.97 Å². The molecule has 6 heteroatoms. The number of nitrogens with two attached hydrogens (primary N) is 2. The second-order valence-electron chi connectivity index (χ2n) is 4.50. The van der Waals surface area contributed by atoms with Crippen LogP contribution < -0.4 is 11.5 Å². The molecule has 1 aromatic heterocycles. The van der Waals surface area contributed by atoms with Crippen molar-refractivity contribution in [1.29, 1.82) is 0 Å². The van der Waals surface area contributed by atoms with Crippen LogP contribution in [-0.4, -0.2) is 17.0 Å². The van der Waals surface area contributed by atoms with E-state index in [4.69, 9.17) is 11.5 Å². The summed E-state index contributed by atoms with van der Waals surface area (Å²) in [5.41, 5.74) is 12.0. The Balaban J connectivity index is 3.33. The van der Waals surface area contributed by atoms with Gasteiger partial charge in [0.25, 0.3) is 0 Å². The molecule has 1 rings (SSSR count). The van der Waals surface area contributed by atoms with Gasteiger partial charge in [-0.05, 0) is 36.4 Å². The summed E-state index contributed by atoms with van der Waals surface area (Å²) < 4.78 is 0. The van der Waals surface area contributed by atoms with Crippen molar-refractivity contribution in [3.63, 3.8) is 0 Å². The fourth-order valence-electron chi connectivity index (χ4n) is 1.78. The van der Waals surface area contributed by atoms with Crippen LogP contribution in [0, 0.1) is 0 Å². The number of hydrogen-bond donors (Lipinski definition) is 3. The van der Waals surface area contributed by atoms with Crippen LogP contribution >= 0.6 is 11.3 Å². The van der Waals surface area contributed by atoms with Crippen molar-refractivity contribution in [2.24, 2.45) is 16.5 Å². The Labute approximate surface area is 134 Å². The summed E-state index contributed by atoms with van der Waals surface area (Å²) in [4.78, 5) is 16.6. The molecule has 0 saturated heterocycles. The highest BCUT2D eigenvalue weighted by Crippen LogP contribution is 2.25. The molecule has 0 amide bonds. The number of carbonyl (C=O) groups is 1. The van der Waals surface area contributed by atoms with Crippen molar-refractivity contribution in [3.05, 3.63) is 51.9 Å².